The molecular formula is C13H23BN2O5. The number of carbonyl (C=O) groups is 2. The fourth-order valence-corrected chi connectivity index (χ4v) is 2.94. The number of aliphatic carboxylic acids is 1. The summed E-state index contributed by atoms with van der Waals surface area (Å²) in [6.07, 6.45) is 4.14. The molecule has 21 heavy (non-hydrogen) atoms. The molecule has 7 nitrogen and oxygen atoms in total. The minimum Gasteiger partial charge on any atom is -0.481 e. The first-order valence-corrected chi connectivity index (χ1v) is 7.62. The molecule has 8 heteroatoms. The molecule has 0 radical (unpaired) electrons. The summed E-state index contributed by atoms with van der Waals surface area (Å²) in [4.78, 5) is 22.6. The van der Waals surface area contributed by atoms with Crippen LogP contribution in [0.25, 0.3) is 0 Å². The number of carbonyl (C=O) groups excluding carboxylic acids is 1. The van der Waals surface area contributed by atoms with Gasteiger partial charge in [0.25, 0.3) is 0 Å². The molecule has 3 atom stereocenters. The molecule has 0 aliphatic carbocycles. The Morgan fingerprint density at radius 2 is 2.05 bits per heavy atom. The lowest BCUT2D eigenvalue weighted by Crippen LogP contribution is -2.53. The summed E-state index contributed by atoms with van der Waals surface area (Å²) in [5, 5.41) is 24.7. The van der Waals surface area contributed by atoms with Crippen LogP contribution in [0.2, 0.25) is 0 Å². The van der Waals surface area contributed by atoms with E-state index in [1.165, 1.54) is 0 Å². The summed E-state index contributed by atoms with van der Waals surface area (Å²) >= 11 is 0. The molecule has 2 saturated heterocycles. The van der Waals surface area contributed by atoms with Crippen molar-refractivity contribution in [2.24, 2.45) is 0 Å². The number of amides is 1. The van der Waals surface area contributed by atoms with E-state index in [0.717, 1.165) is 25.8 Å². The minimum atomic E-state index is -1.13. The fourth-order valence-electron chi connectivity index (χ4n) is 2.94. The maximum Gasteiger partial charge on any atom is 0.478 e. The monoisotopic (exact) mass is 298 g/mol. The van der Waals surface area contributed by atoms with E-state index >= 15 is 0 Å². The summed E-state index contributed by atoms with van der Waals surface area (Å²) in [6.45, 7) is 0.948. The van der Waals surface area contributed by atoms with Crippen molar-refractivity contribution >= 4 is 19.0 Å². The lowest BCUT2D eigenvalue weighted by molar-refractivity contribution is -0.139. The number of hydrogen-bond acceptors (Lipinski definition) is 5. The molecule has 0 unspecified atom stereocenters. The predicted octanol–water partition coefficient (Wildman–Crippen LogP) is -0.323. The zero-order chi connectivity index (χ0) is 15.2. The van der Waals surface area contributed by atoms with E-state index in [1.54, 1.807) is 0 Å². The van der Waals surface area contributed by atoms with Gasteiger partial charge < -0.3 is 25.4 Å². The van der Waals surface area contributed by atoms with E-state index in [9.17, 15) is 14.6 Å². The number of carboxylic acid groups (broad SMARTS) is 1. The maximum atomic E-state index is 12.0. The summed E-state index contributed by atoms with van der Waals surface area (Å²) in [6, 6.07) is 0.208. The Balaban J connectivity index is 1.72. The van der Waals surface area contributed by atoms with Gasteiger partial charge in [-0.25, -0.2) is 0 Å². The third-order valence-corrected chi connectivity index (χ3v) is 4.07. The van der Waals surface area contributed by atoms with Crippen molar-refractivity contribution in [2.75, 3.05) is 6.54 Å². The molecule has 2 rings (SSSR count). The van der Waals surface area contributed by atoms with E-state index in [4.69, 9.17) is 9.76 Å². The molecule has 0 saturated carbocycles. The molecule has 0 spiro atoms. The van der Waals surface area contributed by atoms with Crippen LogP contribution in [0.4, 0.5) is 0 Å². The third-order valence-electron chi connectivity index (χ3n) is 4.07. The molecule has 1 amide bonds. The first kappa shape index (κ1) is 16.3. The van der Waals surface area contributed by atoms with Crippen LogP contribution >= 0.6 is 0 Å². The third kappa shape index (κ3) is 5.30. The molecule has 2 fully saturated rings. The van der Waals surface area contributed by atoms with Crippen LogP contribution in [-0.2, 0) is 14.2 Å². The Hall–Kier alpha value is -1.12. The van der Waals surface area contributed by atoms with Crippen molar-refractivity contribution in [3.63, 3.8) is 0 Å². The van der Waals surface area contributed by atoms with Gasteiger partial charge in [0.15, 0.2) is 0 Å². The van der Waals surface area contributed by atoms with Crippen LogP contribution in [0.5, 0.6) is 0 Å². The molecule has 0 bridgehead atoms. The zero-order valence-corrected chi connectivity index (χ0v) is 12.1. The zero-order valence-electron chi connectivity index (χ0n) is 12.1. The van der Waals surface area contributed by atoms with Crippen molar-refractivity contribution in [3.05, 3.63) is 0 Å². The van der Waals surface area contributed by atoms with Crippen LogP contribution < -0.4 is 10.6 Å². The molecule has 2 heterocycles. The van der Waals surface area contributed by atoms with Gasteiger partial charge >= 0.3 is 13.1 Å². The first-order chi connectivity index (χ1) is 10.0. The van der Waals surface area contributed by atoms with Gasteiger partial charge in [0.2, 0.25) is 5.91 Å². The standard InChI is InChI=1S/C13H23BN2O5/c17-12(7-9-3-1-2-6-15-9)16-11-5-4-10(8-13(18)19)21-14(11)20/h9-11,15,20H,1-8H2,(H,16,17)(H,18,19)/t9-,10-,11-/m0/s1. The van der Waals surface area contributed by atoms with Crippen molar-refractivity contribution in [2.45, 2.75) is 63.0 Å². The van der Waals surface area contributed by atoms with E-state index in [2.05, 4.69) is 10.6 Å². The highest BCUT2D eigenvalue weighted by Gasteiger charge is 2.36. The molecule has 0 aromatic rings. The van der Waals surface area contributed by atoms with E-state index in [-0.39, 0.29) is 18.4 Å². The van der Waals surface area contributed by atoms with Crippen molar-refractivity contribution < 1.29 is 24.4 Å². The van der Waals surface area contributed by atoms with Gasteiger partial charge in [0, 0.05) is 12.5 Å². The molecule has 0 aromatic heterocycles. The second-order valence-electron chi connectivity index (χ2n) is 5.85. The van der Waals surface area contributed by atoms with Crippen LogP contribution in [0, 0.1) is 0 Å². The summed E-state index contributed by atoms with van der Waals surface area (Å²) in [5.74, 6) is -1.50. The molecule has 0 aromatic carbocycles. The quantitative estimate of drug-likeness (QED) is 0.518. The number of piperidine rings is 1. The van der Waals surface area contributed by atoms with E-state index < -0.39 is 25.1 Å². The van der Waals surface area contributed by atoms with Gasteiger partial charge in [-0.05, 0) is 32.2 Å². The lowest BCUT2D eigenvalue weighted by Gasteiger charge is -2.31. The van der Waals surface area contributed by atoms with E-state index in [0.29, 0.717) is 19.3 Å². The molecular weight excluding hydrogens is 275 g/mol. The average Bonchev–Trinajstić information content (AvgIpc) is 2.42. The highest BCUT2D eigenvalue weighted by atomic mass is 16.5. The fraction of sp³-hybridized carbons (Fsp3) is 0.846. The van der Waals surface area contributed by atoms with Gasteiger partial charge in [0.1, 0.15) is 0 Å². The average molecular weight is 298 g/mol. The van der Waals surface area contributed by atoms with Crippen LogP contribution in [0.15, 0.2) is 0 Å². The highest BCUT2D eigenvalue weighted by Crippen LogP contribution is 2.19. The second-order valence-corrected chi connectivity index (χ2v) is 5.85. The van der Waals surface area contributed by atoms with Gasteiger partial charge in [-0.3, -0.25) is 9.59 Å². The predicted molar refractivity (Wildman–Crippen MR) is 76.5 cm³/mol. The number of carboxylic acids is 1. The molecule has 118 valence electrons. The topological polar surface area (TPSA) is 108 Å². The van der Waals surface area contributed by atoms with Crippen LogP contribution in [0.1, 0.15) is 44.9 Å². The number of nitrogens with one attached hydrogen (secondary N) is 2. The van der Waals surface area contributed by atoms with Crippen molar-refractivity contribution in [3.8, 4) is 0 Å². The summed E-state index contributed by atoms with van der Waals surface area (Å²) in [5.41, 5.74) is 0. The Kier molecular flexibility index (Phi) is 6.01. The van der Waals surface area contributed by atoms with Gasteiger partial charge in [-0.1, -0.05) is 6.42 Å². The largest absolute Gasteiger partial charge is 0.481 e. The van der Waals surface area contributed by atoms with Crippen molar-refractivity contribution in [1.29, 1.82) is 0 Å². The Labute approximate surface area is 124 Å². The normalized spacial score (nSPS) is 30.0. The van der Waals surface area contributed by atoms with Crippen LogP contribution in [-0.4, -0.2) is 53.8 Å². The maximum absolute atomic E-state index is 12.0. The summed E-state index contributed by atoms with van der Waals surface area (Å²) < 4.78 is 5.24. The lowest BCUT2D eigenvalue weighted by atomic mass is 9.72. The van der Waals surface area contributed by atoms with Gasteiger partial charge in [-0.15, -0.1) is 0 Å². The van der Waals surface area contributed by atoms with Crippen molar-refractivity contribution in [1.82, 2.24) is 10.6 Å². The SMILES string of the molecule is O=C(O)C[C@@H]1CC[C@H](NC(=O)C[C@@H]2CCCCN2)B(O)O1. The Morgan fingerprint density at radius 3 is 2.67 bits per heavy atom. The second kappa shape index (κ2) is 7.77. The minimum absolute atomic E-state index is 0.0984. The molecule has 2 aliphatic rings. The van der Waals surface area contributed by atoms with Gasteiger partial charge in [0.05, 0.1) is 18.5 Å². The Morgan fingerprint density at radius 1 is 1.24 bits per heavy atom. The van der Waals surface area contributed by atoms with E-state index in [1.807, 2.05) is 0 Å². The summed E-state index contributed by atoms with van der Waals surface area (Å²) in [7, 11) is -1.13. The Bertz CT molecular complexity index is 376. The molecule has 4 N–H and O–H groups in total. The smallest absolute Gasteiger partial charge is 0.478 e. The first-order valence-electron chi connectivity index (χ1n) is 7.62. The van der Waals surface area contributed by atoms with Crippen LogP contribution in [0.3, 0.4) is 0 Å². The highest BCUT2D eigenvalue weighted by molar-refractivity contribution is 6.45. The number of rotatable bonds is 5. The molecule has 2 aliphatic heterocycles. The number of hydrogen-bond donors (Lipinski definition) is 4. The van der Waals surface area contributed by atoms with Gasteiger partial charge in [-0.2, -0.15) is 0 Å².